The summed E-state index contributed by atoms with van der Waals surface area (Å²) in [5, 5.41) is 4.75. The number of benzene rings is 3. The monoisotopic (exact) mass is 393 g/mol. The Morgan fingerprint density at radius 2 is 1.68 bits per heavy atom. The first-order valence-electron chi connectivity index (χ1n) is 8.91. The molecule has 1 fully saturated rings. The largest absolute Gasteiger partial charge is 0.337 e. The number of hydrogen-bond acceptors (Lipinski definition) is 3. The van der Waals surface area contributed by atoms with Gasteiger partial charge in [-0.05, 0) is 42.0 Å². The summed E-state index contributed by atoms with van der Waals surface area (Å²) in [6, 6.07) is 19.4. The molecule has 6 nitrogen and oxygen atoms in total. The van der Waals surface area contributed by atoms with E-state index in [0.717, 1.165) is 16.3 Å². The molecule has 4 rings (SSSR count). The first-order chi connectivity index (χ1) is 13.4. The molecule has 1 N–H and O–H groups in total. The maximum absolute atomic E-state index is 12.8. The van der Waals surface area contributed by atoms with E-state index in [1.54, 1.807) is 18.2 Å². The minimum Gasteiger partial charge on any atom is -0.337 e. The lowest BCUT2D eigenvalue weighted by molar-refractivity contribution is 0.248. The topological polar surface area (TPSA) is 78.8 Å². The Morgan fingerprint density at radius 3 is 2.43 bits per heavy atom. The van der Waals surface area contributed by atoms with Crippen LogP contribution in [0.3, 0.4) is 0 Å². The van der Waals surface area contributed by atoms with Gasteiger partial charge in [-0.15, -0.1) is 4.40 Å². The molecule has 142 valence electrons. The molecular formula is C21H19N3O3S. The third kappa shape index (κ3) is 3.48. The SMILES string of the molecule is Cc1ccc(S(=O)(=O)N=C2CCNC(=O)N2c2ccc3ccccc3c2)cc1. The average molecular weight is 393 g/mol. The molecule has 0 aromatic heterocycles. The predicted molar refractivity (Wildman–Crippen MR) is 110 cm³/mol. The van der Waals surface area contributed by atoms with Gasteiger partial charge in [0.25, 0.3) is 10.0 Å². The summed E-state index contributed by atoms with van der Waals surface area (Å²) in [5.41, 5.74) is 1.54. The number of hydrogen-bond donors (Lipinski definition) is 1. The van der Waals surface area contributed by atoms with Crippen LogP contribution in [0.5, 0.6) is 0 Å². The van der Waals surface area contributed by atoms with E-state index in [0.29, 0.717) is 18.7 Å². The molecule has 0 unspecified atom stereocenters. The van der Waals surface area contributed by atoms with Crippen molar-refractivity contribution in [2.24, 2.45) is 4.40 Å². The summed E-state index contributed by atoms with van der Waals surface area (Å²) in [7, 11) is -3.92. The van der Waals surface area contributed by atoms with Gasteiger partial charge in [0.1, 0.15) is 5.84 Å². The number of nitrogens with one attached hydrogen (secondary N) is 1. The summed E-state index contributed by atoms with van der Waals surface area (Å²) in [4.78, 5) is 14.0. The van der Waals surface area contributed by atoms with Crippen LogP contribution in [0.4, 0.5) is 10.5 Å². The van der Waals surface area contributed by atoms with Crippen molar-refractivity contribution < 1.29 is 13.2 Å². The van der Waals surface area contributed by atoms with Crippen LogP contribution >= 0.6 is 0 Å². The molecule has 7 heteroatoms. The Balaban J connectivity index is 1.78. The van der Waals surface area contributed by atoms with E-state index in [1.807, 2.05) is 43.3 Å². The van der Waals surface area contributed by atoms with Gasteiger partial charge in [0, 0.05) is 13.0 Å². The van der Waals surface area contributed by atoms with Crippen LogP contribution in [0.2, 0.25) is 0 Å². The van der Waals surface area contributed by atoms with Crippen molar-refractivity contribution in [1.82, 2.24) is 5.32 Å². The number of amides is 2. The Morgan fingerprint density at radius 1 is 0.964 bits per heavy atom. The molecule has 0 atom stereocenters. The van der Waals surface area contributed by atoms with E-state index in [4.69, 9.17) is 0 Å². The number of fused-ring (bicyclic) bond motifs is 1. The van der Waals surface area contributed by atoms with Crippen molar-refractivity contribution in [3.8, 4) is 0 Å². The minimum absolute atomic E-state index is 0.107. The number of carbonyl (C=O) groups excluding carboxylic acids is 1. The van der Waals surface area contributed by atoms with E-state index >= 15 is 0 Å². The van der Waals surface area contributed by atoms with E-state index in [2.05, 4.69) is 9.71 Å². The lowest BCUT2D eigenvalue weighted by Gasteiger charge is -2.29. The summed E-state index contributed by atoms with van der Waals surface area (Å²) in [6.07, 6.45) is 0.323. The fraction of sp³-hybridized carbons (Fsp3) is 0.143. The predicted octanol–water partition coefficient (Wildman–Crippen LogP) is 3.86. The highest BCUT2D eigenvalue weighted by atomic mass is 32.2. The van der Waals surface area contributed by atoms with Crippen molar-refractivity contribution in [2.75, 3.05) is 11.4 Å². The molecule has 0 radical (unpaired) electrons. The van der Waals surface area contributed by atoms with Gasteiger partial charge in [-0.2, -0.15) is 8.42 Å². The highest BCUT2D eigenvalue weighted by Crippen LogP contribution is 2.25. The third-order valence-electron chi connectivity index (χ3n) is 4.62. The third-order valence-corrected chi connectivity index (χ3v) is 5.94. The lowest BCUT2D eigenvalue weighted by atomic mass is 10.1. The number of sulfonamides is 1. The van der Waals surface area contributed by atoms with Gasteiger partial charge in [0.2, 0.25) is 0 Å². The Labute approximate surface area is 163 Å². The summed E-state index contributed by atoms with van der Waals surface area (Å²) >= 11 is 0. The molecule has 1 heterocycles. The number of aryl methyl sites for hydroxylation is 1. The Kier molecular flexibility index (Phi) is 4.60. The molecule has 1 aliphatic heterocycles. The molecular weight excluding hydrogens is 374 g/mol. The van der Waals surface area contributed by atoms with Crippen LogP contribution in [0.1, 0.15) is 12.0 Å². The number of rotatable bonds is 3. The molecule has 0 aliphatic carbocycles. The number of amidine groups is 1. The van der Waals surface area contributed by atoms with Gasteiger partial charge in [-0.1, -0.05) is 48.0 Å². The van der Waals surface area contributed by atoms with Crippen LogP contribution in [0, 0.1) is 6.92 Å². The second-order valence-corrected chi connectivity index (χ2v) is 8.25. The van der Waals surface area contributed by atoms with Crippen LogP contribution in [0.15, 0.2) is 76.0 Å². The summed E-state index contributed by atoms with van der Waals surface area (Å²) in [6.45, 7) is 2.22. The van der Waals surface area contributed by atoms with Gasteiger partial charge in [0.05, 0.1) is 10.6 Å². The molecule has 1 aliphatic rings. The quantitative estimate of drug-likeness (QED) is 0.734. The van der Waals surface area contributed by atoms with Gasteiger partial charge >= 0.3 is 6.03 Å². The molecule has 0 saturated carbocycles. The second kappa shape index (κ2) is 7.09. The van der Waals surface area contributed by atoms with Crippen molar-refractivity contribution in [2.45, 2.75) is 18.2 Å². The fourth-order valence-corrected chi connectivity index (χ4v) is 4.20. The highest BCUT2D eigenvalue weighted by Gasteiger charge is 2.28. The van der Waals surface area contributed by atoms with Gasteiger partial charge in [-0.25, -0.2) is 9.69 Å². The maximum atomic E-state index is 12.8. The average Bonchev–Trinajstić information content (AvgIpc) is 2.68. The summed E-state index contributed by atoms with van der Waals surface area (Å²) < 4.78 is 29.5. The lowest BCUT2D eigenvalue weighted by Crippen LogP contribution is -2.50. The Bertz CT molecular complexity index is 1190. The van der Waals surface area contributed by atoms with Crippen LogP contribution in [-0.2, 0) is 10.0 Å². The van der Waals surface area contributed by atoms with Crippen molar-refractivity contribution in [3.05, 3.63) is 72.3 Å². The van der Waals surface area contributed by atoms with Crippen LogP contribution in [0.25, 0.3) is 10.8 Å². The molecule has 2 amide bonds. The zero-order valence-corrected chi connectivity index (χ0v) is 16.1. The van der Waals surface area contributed by atoms with Gasteiger partial charge in [0.15, 0.2) is 0 Å². The molecule has 3 aromatic rings. The van der Waals surface area contributed by atoms with E-state index in [1.165, 1.54) is 17.0 Å². The first kappa shape index (κ1) is 18.2. The number of urea groups is 1. The van der Waals surface area contributed by atoms with Crippen LogP contribution in [-0.4, -0.2) is 26.8 Å². The van der Waals surface area contributed by atoms with Crippen molar-refractivity contribution >= 4 is 38.3 Å². The molecule has 0 spiro atoms. The minimum atomic E-state index is -3.92. The standard InChI is InChI=1S/C21H19N3O3S/c1-15-6-10-19(11-7-15)28(26,27)23-20-12-13-22-21(25)24(20)18-9-8-16-4-2-3-5-17(16)14-18/h2-11,14H,12-13H2,1H3,(H,22,25). The molecule has 1 saturated heterocycles. The highest BCUT2D eigenvalue weighted by molar-refractivity contribution is 7.90. The van der Waals surface area contributed by atoms with Gasteiger partial charge in [-0.3, -0.25) is 0 Å². The van der Waals surface area contributed by atoms with E-state index < -0.39 is 10.0 Å². The molecule has 28 heavy (non-hydrogen) atoms. The first-order valence-corrected chi connectivity index (χ1v) is 10.4. The van der Waals surface area contributed by atoms with Crippen molar-refractivity contribution in [1.29, 1.82) is 0 Å². The normalized spacial score (nSPS) is 16.4. The molecule has 3 aromatic carbocycles. The van der Waals surface area contributed by atoms with E-state index in [9.17, 15) is 13.2 Å². The smallest absolute Gasteiger partial charge is 0.327 e. The van der Waals surface area contributed by atoms with Gasteiger partial charge < -0.3 is 5.32 Å². The van der Waals surface area contributed by atoms with Crippen LogP contribution < -0.4 is 10.2 Å². The number of nitrogens with zero attached hydrogens (tertiary/aromatic N) is 2. The summed E-state index contributed by atoms with van der Waals surface area (Å²) in [5.74, 6) is 0.208. The second-order valence-electron chi connectivity index (χ2n) is 6.64. The van der Waals surface area contributed by atoms with Crippen molar-refractivity contribution in [3.63, 3.8) is 0 Å². The number of anilines is 1. The Hall–Kier alpha value is -3.19. The zero-order chi connectivity index (χ0) is 19.7. The zero-order valence-electron chi connectivity index (χ0n) is 15.3. The number of carbonyl (C=O) groups is 1. The molecule has 0 bridgehead atoms. The maximum Gasteiger partial charge on any atom is 0.327 e. The fourth-order valence-electron chi connectivity index (χ4n) is 3.16. The van der Waals surface area contributed by atoms with E-state index in [-0.39, 0.29) is 16.8 Å².